The van der Waals surface area contributed by atoms with E-state index in [2.05, 4.69) is 9.88 Å². The molecule has 136 valence electrons. The number of phenols is 1. The number of aryl methyl sites for hydroxylation is 1. The maximum absolute atomic E-state index is 12.4. The van der Waals surface area contributed by atoms with Crippen LogP contribution >= 0.6 is 0 Å². The molecule has 1 unspecified atom stereocenters. The number of fused-ring (bicyclic) bond motifs is 1. The highest BCUT2D eigenvalue weighted by molar-refractivity contribution is 5.97. The average Bonchev–Trinajstić information content (AvgIpc) is 3.15. The molecule has 2 heterocycles. The molecule has 0 bridgehead atoms. The molecule has 26 heavy (non-hydrogen) atoms. The zero-order valence-electron chi connectivity index (χ0n) is 15.0. The number of nitrogens with zero attached hydrogens (tertiary/aromatic N) is 2. The number of aromatic nitrogens is 1. The van der Waals surface area contributed by atoms with E-state index in [1.807, 2.05) is 19.1 Å². The summed E-state index contributed by atoms with van der Waals surface area (Å²) in [6.07, 6.45) is 4.14. The number of ketones is 1. The number of likely N-dealkylation sites (tertiary alicyclic amines) is 1. The molecule has 1 saturated heterocycles. The largest absolute Gasteiger partial charge is 0.508 e. The molecule has 5 nitrogen and oxygen atoms in total. The highest BCUT2D eigenvalue weighted by Gasteiger charge is 2.42. The van der Waals surface area contributed by atoms with Crippen LogP contribution < -0.4 is 4.74 Å². The molecule has 0 amide bonds. The molecule has 0 radical (unpaired) electrons. The lowest BCUT2D eigenvalue weighted by molar-refractivity contribution is 0.0936. The molecular formula is C21H24N2O3. The van der Waals surface area contributed by atoms with Crippen molar-refractivity contribution in [3.63, 3.8) is 0 Å². The summed E-state index contributed by atoms with van der Waals surface area (Å²) in [7, 11) is 0. The maximum Gasteiger partial charge on any atom is 0.176 e. The fraction of sp³-hybridized carbons (Fsp3) is 0.429. The SMILES string of the molecule is Cc1ccc(OC2C[C@@H]3CN(CC(=O)c4ccc(O)cc4)C[C@@H]3C2)cn1. The van der Waals surface area contributed by atoms with Crippen molar-refractivity contribution >= 4 is 5.78 Å². The number of hydrogen-bond donors (Lipinski definition) is 1. The van der Waals surface area contributed by atoms with E-state index in [1.54, 1.807) is 30.5 Å². The second kappa shape index (κ2) is 7.08. The van der Waals surface area contributed by atoms with Crippen LogP contribution in [-0.4, -0.2) is 46.5 Å². The van der Waals surface area contributed by atoms with Crippen LogP contribution in [0.2, 0.25) is 0 Å². The maximum atomic E-state index is 12.4. The van der Waals surface area contributed by atoms with Crippen molar-refractivity contribution in [1.82, 2.24) is 9.88 Å². The number of benzene rings is 1. The Morgan fingerprint density at radius 2 is 1.85 bits per heavy atom. The van der Waals surface area contributed by atoms with E-state index in [0.717, 1.165) is 37.4 Å². The Morgan fingerprint density at radius 1 is 1.15 bits per heavy atom. The van der Waals surface area contributed by atoms with E-state index >= 15 is 0 Å². The van der Waals surface area contributed by atoms with Gasteiger partial charge >= 0.3 is 0 Å². The van der Waals surface area contributed by atoms with Gasteiger partial charge in [-0.3, -0.25) is 14.7 Å². The van der Waals surface area contributed by atoms with Crippen LogP contribution in [0.5, 0.6) is 11.5 Å². The number of rotatable bonds is 5. The van der Waals surface area contributed by atoms with Crippen molar-refractivity contribution in [2.45, 2.75) is 25.9 Å². The number of aromatic hydroxyl groups is 1. The summed E-state index contributed by atoms with van der Waals surface area (Å²) in [4.78, 5) is 19.0. The van der Waals surface area contributed by atoms with Gasteiger partial charge in [0.15, 0.2) is 5.78 Å². The van der Waals surface area contributed by atoms with E-state index in [4.69, 9.17) is 4.74 Å². The Balaban J connectivity index is 1.28. The van der Waals surface area contributed by atoms with E-state index in [0.29, 0.717) is 23.9 Å². The van der Waals surface area contributed by atoms with Crippen LogP contribution in [0.4, 0.5) is 0 Å². The number of Topliss-reactive ketones (excluding diaryl/α,β-unsaturated/α-hetero) is 1. The Kier molecular flexibility index (Phi) is 4.64. The standard InChI is InChI=1S/C21H24N2O3/c1-14-2-7-19(10-22-14)26-20-8-16-11-23(12-17(16)9-20)13-21(25)15-3-5-18(24)6-4-15/h2-7,10,16-17,20,24H,8-9,11-13H2,1H3/t16-,17+,20?. The molecule has 0 spiro atoms. The monoisotopic (exact) mass is 352 g/mol. The fourth-order valence-corrected chi connectivity index (χ4v) is 4.22. The number of hydrogen-bond acceptors (Lipinski definition) is 5. The van der Waals surface area contributed by atoms with Gasteiger partial charge in [0.25, 0.3) is 0 Å². The molecule has 1 aliphatic carbocycles. The van der Waals surface area contributed by atoms with Crippen molar-refractivity contribution in [3.05, 3.63) is 53.9 Å². The Bertz CT molecular complexity index is 759. The third kappa shape index (κ3) is 3.73. The normalized spacial score (nSPS) is 25.2. The zero-order valence-corrected chi connectivity index (χ0v) is 15.0. The van der Waals surface area contributed by atoms with E-state index in [-0.39, 0.29) is 17.6 Å². The predicted octanol–water partition coefficient (Wildman–Crippen LogP) is 3.07. The third-order valence-electron chi connectivity index (χ3n) is 5.53. The summed E-state index contributed by atoms with van der Waals surface area (Å²) < 4.78 is 6.09. The van der Waals surface area contributed by atoms with Gasteiger partial charge in [0, 0.05) is 24.3 Å². The molecule has 1 saturated carbocycles. The van der Waals surface area contributed by atoms with Crippen LogP contribution in [0.3, 0.4) is 0 Å². The van der Waals surface area contributed by atoms with Crippen molar-refractivity contribution in [3.8, 4) is 11.5 Å². The molecule has 1 aliphatic heterocycles. The second-order valence-corrected chi connectivity index (χ2v) is 7.53. The zero-order chi connectivity index (χ0) is 18.1. The van der Waals surface area contributed by atoms with Crippen LogP contribution in [-0.2, 0) is 0 Å². The van der Waals surface area contributed by atoms with Gasteiger partial charge in [-0.1, -0.05) is 0 Å². The van der Waals surface area contributed by atoms with Crippen molar-refractivity contribution in [2.75, 3.05) is 19.6 Å². The lowest BCUT2D eigenvalue weighted by Crippen LogP contribution is -2.30. The Labute approximate surface area is 153 Å². The number of carbonyl (C=O) groups excluding carboxylic acids is 1. The van der Waals surface area contributed by atoms with Crippen molar-refractivity contribution < 1.29 is 14.6 Å². The minimum Gasteiger partial charge on any atom is -0.508 e. The predicted molar refractivity (Wildman–Crippen MR) is 98.5 cm³/mol. The molecule has 1 aromatic heterocycles. The molecule has 2 aliphatic rings. The molecule has 1 N–H and O–H groups in total. The van der Waals surface area contributed by atoms with E-state index in [1.165, 1.54) is 0 Å². The van der Waals surface area contributed by atoms with Crippen molar-refractivity contribution in [1.29, 1.82) is 0 Å². The first-order valence-electron chi connectivity index (χ1n) is 9.21. The highest BCUT2D eigenvalue weighted by Crippen LogP contribution is 2.39. The lowest BCUT2D eigenvalue weighted by atomic mass is 10.0. The van der Waals surface area contributed by atoms with Gasteiger partial charge < -0.3 is 9.84 Å². The molecule has 5 heteroatoms. The topological polar surface area (TPSA) is 62.7 Å². The van der Waals surface area contributed by atoms with Gasteiger partial charge in [0.05, 0.1) is 18.8 Å². The molecule has 1 aromatic carbocycles. The molecule has 2 aromatic rings. The van der Waals surface area contributed by atoms with Crippen LogP contribution in [0.15, 0.2) is 42.6 Å². The molecule has 2 fully saturated rings. The van der Waals surface area contributed by atoms with Gasteiger partial charge in [0.1, 0.15) is 11.5 Å². The first-order chi connectivity index (χ1) is 12.6. The summed E-state index contributed by atoms with van der Waals surface area (Å²) >= 11 is 0. The summed E-state index contributed by atoms with van der Waals surface area (Å²) in [5.41, 5.74) is 1.66. The minimum absolute atomic E-state index is 0.114. The third-order valence-corrected chi connectivity index (χ3v) is 5.53. The first-order valence-corrected chi connectivity index (χ1v) is 9.21. The van der Waals surface area contributed by atoms with Gasteiger partial charge in [0.2, 0.25) is 0 Å². The Morgan fingerprint density at radius 3 is 2.46 bits per heavy atom. The van der Waals surface area contributed by atoms with Crippen molar-refractivity contribution in [2.24, 2.45) is 11.8 Å². The highest BCUT2D eigenvalue weighted by atomic mass is 16.5. The first kappa shape index (κ1) is 17.0. The Hall–Kier alpha value is -2.40. The van der Waals surface area contributed by atoms with E-state index in [9.17, 15) is 9.90 Å². The van der Waals surface area contributed by atoms with E-state index < -0.39 is 0 Å². The average molecular weight is 352 g/mol. The second-order valence-electron chi connectivity index (χ2n) is 7.53. The summed E-state index contributed by atoms with van der Waals surface area (Å²) in [6, 6.07) is 10.5. The smallest absolute Gasteiger partial charge is 0.176 e. The quantitative estimate of drug-likeness (QED) is 0.838. The number of phenolic OH excluding ortho intramolecular Hbond substituents is 1. The number of pyridine rings is 1. The fourth-order valence-electron chi connectivity index (χ4n) is 4.22. The molecular weight excluding hydrogens is 328 g/mol. The minimum atomic E-state index is 0.114. The summed E-state index contributed by atoms with van der Waals surface area (Å²) in [5, 5.41) is 9.34. The lowest BCUT2D eigenvalue weighted by Gasteiger charge is -2.19. The molecule has 4 rings (SSSR count). The summed E-state index contributed by atoms with van der Waals surface area (Å²) in [5.74, 6) is 2.35. The number of ether oxygens (including phenoxy) is 1. The summed E-state index contributed by atoms with van der Waals surface area (Å²) in [6.45, 7) is 4.34. The van der Waals surface area contributed by atoms with Gasteiger partial charge in [-0.25, -0.2) is 0 Å². The number of carbonyl (C=O) groups is 1. The van der Waals surface area contributed by atoms with Crippen LogP contribution in [0.25, 0.3) is 0 Å². The molecule has 3 atom stereocenters. The van der Waals surface area contributed by atoms with Crippen LogP contribution in [0.1, 0.15) is 28.9 Å². The van der Waals surface area contributed by atoms with Gasteiger partial charge in [-0.2, -0.15) is 0 Å². The van der Waals surface area contributed by atoms with Gasteiger partial charge in [-0.15, -0.1) is 0 Å². The van der Waals surface area contributed by atoms with Crippen LogP contribution in [0, 0.1) is 18.8 Å². The van der Waals surface area contributed by atoms with Gasteiger partial charge in [-0.05, 0) is 68.0 Å².